The smallest absolute Gasteiger partial charge is 0.246 e. The Bertz CT molecular complexity index is 688. The van der Waals surface area contributed by atoms with Crippen LogP contribution in [0.2, 0.25) is 10.0 Å². The van der Waals surface area contributed by atoms with Gasteiger partial charge in [-0.05, 0) is 26.0 Å². The van der Waals surface area contributed by atoms with Crippen LogP contribution in [0.4, 0.5) is 0 Å². The van der Waals surface area contributed by atoms with Gasteiger partial charge in [-0.3, -0.25) is 4.79 Å². The van der Waals surface area contributed by atoms with Crippen LogP contribution in [0.25, 0.3) is 0 Å². The van der Waals surface area contributed by atoms with Crippen molar-refractivity contribution in [3.8, 4) is 0 Å². The molecule has 2 rings (SSSR count). The molecule has 1 saturated heterocycles. The van der Waals surface area contributed by atoms with Crippen molar-refractivity contribution >= 4 is 39.1 Å². The van der Waals surface area contributed by atoms with Crippen molar-refractivity contribution in [2.45, 2.75) is 24.3 Å². The first-order valence-corrected chi connectivity index (χ1v) is 9.27. The number of piperazine rings is 1. The summed E-state index contributed by atoms with van der Waals surface area (Å²) in [5, 5.41) is 0.165. The molecule has 1 aliphatic heterocycles. The lowest BCUT2D eigenvalue weighted by Gasteiger charge is -2.37. The molecule has 1 amide bonds. The minimum Gasteiger partial charge on any atom is -0.338 e. The van der Waals surface area contributed by atoms with Crippen molar-refractivity contribution in [2.75, 3.05) is 26.2 Å². The number of nitrogens with zero attached hydrogens (tertiary/aromatic N) is 2. The molecule has 1 aromatic carbocycles. The Balaban J connectivity index is 2.18. The van der Waals surface area contributed by atoms with Gasteiger partial charge in [0, 0.05) is 26.2 Å². The highest BCUT2D eigenvalue weighted by Gasteiger charge is 2.35. The molecule has 1 aliphatic rings. The van der Waals surface area contributed by atoms with Gasteiger partial charge >= 0.3 is 0 Å². The summed E-state index contributed by atoms with van der Waals surface area (Å²) in [5.74, 6) is -0.203. The van der Waals surface area contributed by atoms with Gasteiger partial charge in [-0.25, -0.2) is 8.42 Å². The summed E-state index contributed by atoms with van der Waals surface area (Å²) >= 11 is 12.0. The highest BCUT2D eigenvalue weighted by molar-refractivity contribution is 7.89. The number of benzene rings is 1. The average Bonchev–Trinajstić information content (AvgIpc) is 2.45. The van der Waals surface area contributed by atoms with E-state index in [0.29, 0.717) is 0 Å². The maximum Gasteiger partial charge on any atom is 0.246 e. The Morgan fingerprint density at radius 1 is 1.13 bits per heavy atom. The van der Waals surface area contributed by atoms with E-state index in [1.54, 1.807) is 24.8 Å². The number of nitrogens with two attached hydrogens (primary N) is 1. The van der Waals surface area contributed by atoms with Crippen LogP contribution in [0.1, 0.15) is 13.8 Å². The van der Waals surface area contributed by atoms with Crippen LogP contribution < -0.4 is 5.73 Å². The minimum absolute atomic E-state index is 0.0825. The van der Waals surface area contributed by atoms with Crippen LogP contribution in [-0.2, 0) is 14.8 Å². The molecule has 0 aliphatic carbocycles. The molecule has 9 heteroatoms. The van der Waals surface area contributed by atoms with E-state index in [4.69, 9.17) is 28.9 Å². The molecule has 1 heterocycles. The zero-order chi connectivity index (χ0) is 17.4. The third kappa shape index (κ3) is 3.80. The molecule has 2 N–H and O–H groups in total. The zero-order valence-electron chi connectivity index (χ0n) is 12.9. The molecule has 0 bridgehead atoms. The number of carbonyl (C=O) groups is 1. The van der Waals surface area contributed by atoms with Gasteiger partial charge in [0.05, 0.1) is 15.6 Å². The Hall–Kier alpha value is -0.860. The van der Waals surface area contributed by atoms with Crippen LogP contribution in [0.5, 0.6) is 0 Å². The van der Waals surface area contributed by atoms with Gasteiger partial charge < -0.3 is 10.6 Å². The van der Waals surface area contributed by atoms with E-state index in [1.165, 1.54) is 16.4 Å². The predicted octanol–water partition coefficient (Wildman–Crippen LogP) is 1.56. The van der Waals surface area contributed by atoms with Crippen LogP contribution in [0.3, 0.4) is 0 Å². The van der Waals surface area contributed by atoms with E-state index in [2.05, 4.69) is 0 Å². The number of rotatable bonds is 3. The first-order valence-electron chi connectivity index (χ1n) is 7.07. The second kappa shape index (κ2) is 6.57. The van der Waals surface area contributed by atoms with Gasteiger partial charge in [0.1, 0.15) is 4.90 Å². The fourth-order valence-electron chi connectivity index (χ4n) is 2.40. The van der Waals surface area contributed by atoms with E-state index in [1.807, 2.05) is 0 Å². The van der Waals surface area contributed by atoms with Gasteiger partial charge in [-0.2, -0.15) is 4.31 Å². The predicted molar refractivity (Wildman–Crippen MR) is 90.1 cm³/mol. The monoisotopic (exact) mass is 379 g/mol. The molecule has 6 nitrogen and oxygen atoms in total. The topological polar surface area (TPSA) is 83.7 Å². The fourth-order valence-corrected chi connectivity index (χ4v) is 4.91. The van der Waals surface area contributed by atoms with Crippen LogP contribution in [-0.4, -0.2) is 55.2 Å². The van der Waals surface area contributed by atoms with Gasteiger partial charge in [0.15, 0.2) is 0 Å². The number of amides is 1. The number of halogens is 2. The molecule has 0 saturated carbocycles. The minimum atomic E-state index is -3.81. The molecule has 128 valence electrons. The normalized spacial score (nSPS) is 17.3. The van der Waals surface area contributed by atoms with E-state index >= 15 is 0 Å². The summed E-state index contributed by atoms with van der Waals surface area (Å²) in [4.78, 5) is 13.6. The van der Waals surface area contributed by atoms with Gasteiger partial charge in [-0.1, -0.05) is 29.3 Å². The quantitative estimate of drug-likeness (QED) is 0.863. The SMILES string of the molecule is CC(C)(N)C(=O)N1CCN(S(=O)(=O)c2c(Cl)cccc2Cl)CC1. The zero-order valence-corrected chi connectivity index (χ0v) is 15.2. The van der Waals surface area contributed by atoms with E-state index in [-0.39, 0.29) is 47.0 Å². The summed E-state index contributed by atoms with van der Waals surface area (Å²) < 4.78 is 26.7. The third-order valence-electron chi connectivity index (χ3n) is 3.59. The first kappa shape index (κ1) is 18.5. The van der Waals surface area contributed by atoms with Gasteiger partial charge in [0.25, 0.3) is 0 Å². The summed E-state index contributed by atoms with van der Waals surface area (Å²) in [6.45, 7) is 4.16. The summed E-state index contributed by atoms with van der Waals surface area (Å²) in [6, 6.07) is 4.55. The molecule has 1 fully saturated rings. The number of hydrogen-bond donors (Lipinski definition) is 1. The van der Waals surface area contributed by atoms with Crippen molar-refractivity contribution in [1.29, 1.82) is 0 Å². The maximum atomic E-state index is 12.7. The maximum absolute atomic E-state index is 12.7. The molecule has 0 spiro atoms. The van der Waals surface area contributed by atoms with Crippen molar-refractivity contribution in [2.24, 2.45) is 5.73 Å². The molecule has 0 radical (unpaired) electrons. The van der Waals surface area contributed by atoms with Gasteiger partial charge in [0.2, 0.25) is 15.9 Å². The molecule has 1 aromatic rings. The lowest BCUT2D eigenvalue weighted by molar-refractivity contribution is -0.137. The molecule has 0 atom stereocenters. The highest BCUT2D eigenvalue weighted by Crippen LogP contribution is 2.31. The second-order valence-corrected chi connectivity index (χ2v) is 8.66. The van der Waals surface area contributed by atoms with Crippen LogP contribution >= 0.6 is 23.2 Å². The van der Waals surface area contributed by atoms with Crippen molar-refractivity contribution < 1.29 is 13.2 Å². The van der Waals surface area contributed by atoms with E-state index in [0.717, 1.165) is 0 Å². The Morgan fingerprint density at radius 3 is 2.04 bits per heavy atom. The lowest BCUT2D eigenvalue weighted by atomic mass is 10.1. The Labute approximate surface area is 146 Å². The van der Waals surface area contributed by atoms with Crippen molar-refractivity contribution in [3.63, 3.8) is 0 Å². The van der Waals surface area contributed by atoms with E-state index in [9.17, 15) is 13.2 Å². The third-order valence-corrected chi connectivity index (χ3v) is 6.45. The summed E-state index contributed by atoms with van der Waals surface area (Å²) in [6.07, 6.45) is 0. The van der Waals surface area contributed by atoms with Crippen LogP contribution in [0.15, 0.2) is 23.1 Å². The Kier molecular flexibility index (Phi) is 5.27. The highest BCUT2D eigenvalue weighted by atomic mass is 35.5. The van der Waals surface area contributed by atoms with Crippen LogP contribution in [0, 0.1) is 0 Å². The number of hydrogen-bond acceptors (Lipinski definition) is 4. The van der Waals surface area contributed by atoms with Crippen molar-refractivity contribution in [1.82, 2.24) is 9.21 Å². The fraction of sp³-hybridized carbons (Fsp3) is 0.500. The summed E-state index contributed by atoms with van der Waals surface area (Å²) in [5.41, 5.74) is 4.82. The molecular formula is C14H19Cl2N3O3S. The summed E-state index contributed by atoms with van der Waals surface area (Å²) in [7, 11) is -3.81. The lowest BCUT2D eigenvalue weighted by Crippen LogP contribution is -2.57. The standard InChI is InChI=1S/C14H19Cl2N3O3S/c1-14(2,17)13(20)18-6-8-19(9-7-18)23(21,22)12-10(15)4-3-5-11(12)16/h3-5H,6-9,17H2,1-2H3. The molecule has 23 heavy (non-hydrogen) atoms. The Morgan fingerprint density at radius 2 is 1.61 bits per heavy atom. The van der Waals surface area contributed by atoms with Crippen molar-refractivity contribution in [3.05, 3.63) is 28.2 Å². The average molecular weight is 380 g/mol. The molecule has 0 unspecified atom stereocenters. The largest absolute Gasteiger partial charge is 0.338 e. The number of carbonyl (C=O) groups excluding carboxylic acids is 1. The molecular weight excluding hydrogens is 361 g/mol. The second-order valence-electron chi connectivity index (χ2n) is 5.97. The number of sulfonamides is 1. The van der Waals surface area contributed by atoms with Gasteiger partial charge in [-0.15, -0.1) is 0 Å². The first-order chi connectivity index (χ1) is 10.5. The van der Waals surface area contributed by atoms with E-state index < -0.39 is 15.6 Å². The molecule has 0 aromatic heterocycles.